The first kappa shape index (κ1) is 13.2. The Kier molecular flexibility index (Phi) is 4.07. The molecule has 2 N–H and O–H groups in total. The van der Waals surface area contributed by atoms with Gasteiger partial charge in [-0.3, -0.25) is 0 Å². The fraction of sp³-hybridized carbons (Fsp3) is 0.500. The fourth-order valence-corrected chi connectivity index (χ4v) is 2.25. The fourth-order valence-electron chi connectivity index (χ4n) is 2.25. The second kappa shape index (κ2) is 5.57. The Morgan fingerprint density at radius 3 is 2.67 bits per heavy atom. The van der Waals surface area contributed by atoms with Gasteiger partial charge < -0.3 is 10.2 Å². The smallest absolute Gasteiger partial charge is 0.134 e. The molecule has 0 aliphatic heterocycles. The van der Waals surface area contributed by atoms with Gasteiger partial charge in [0, 0.05) is 5.39 Å². The minimum Gasteiger partial charge on any atom is -0.459 e. The zero-order valence-electron chi connectivity index (χ0n) is 11.6. The van der Waals surface area contributed by atoms with Crippen molar-refractivity contribution in [3.8, 4) is 0 Å². The summed E-state index contributed by atoms with van der Waals surface area (Å²) in [5.74, 6) is 1.66. The van der Waals surface area contributed by atoms with Crippen molar-refractivity contribution < 1.29 is 4.42 Å². The Labute approximate surface area is 109 Å². The van der Waals surface area contributed by atoms with Gasteiger partial charge in [0.05, 0.1) is 6.04 Å². The first-order chi connectivity index (χ1) is 8.56. The molecule has 0 aliphatic rings. The van der Waals surface area contributed by atoms with E-state index in [9.17, 15) is 0 Å². The molecular formula is C16H23NO. The summed E-state index contributed by atoms with van der Waals surface area (Å²) in [6.45, 7) is 6.58. The van der Waals surface area contributed by atoms with E-state index in [-0.39, 0.29) is 6.04 Å². The molecule has 0 saturated carbocycles. The van der Waals surface area contributed by atoms with E-state index in [0.29, 0.717) is 0 Å². The summed E-state index contributed by atoms with van der Waals surface area (Å²) in [6.07, 6.45) is 3.39. The maximum Gasteiger partial charge on any atom is 0.134 e. The molecule has 1 unspecified atom stereocenters. The standard InChI is InChI=1S/C16H23NO/c1-11(2)5-4-6-14(17)16-10-13-9-12(3)7-8-15(13)18-16/h7-11,14H,4-6,17H2,1-3H3. The second-order valence-electron chi connectivity index (χ2n) is 5.62. The van der Waals surface area contributed by atoms with Crippen LogP contribution in [0, 0.1) is 12.8 Å². The highest BCUT2D eigenvalue weighted by Crippen LogP contribution is 2.26. The van der Waals surface area contributed by atoms with Crippen molar-refractivity contribution in [3.05, 3.63) is 35.6 Å². The molecule has 0 fully saturated rings. The highest BCUT2D eigenvalue weighted by atomic mass is 16.3. The van der Waals surface area contributed by atoms with Crippen LogP contribution in [-0.2, 0) is 0 Å². The van der Waals surface area contributed by atoms with Gasteiger partial charge in [0.2, 0.25) is 0 Å². The summed E-state index contributed by atoms with van der Waals surface area (Å²) in [5.41, 5.74) is 8.38. The van der Waals surface area contributed by atoms with Gasteiger partial charge in [0.1, 0.15) is 11.3 Å². The molecule has 0 spiro atoms. The average Bonchev–Trinajstić information content (AvgIpc) is 2.71. The highest BCUT2D eigenvalue weighted by molar-refractivity contribution is 5.78. The summed E-state index contributed by atoms with van der Waals surface area (Å²) in [7, 11) is 0. The monoisotopic (exact) mass is 245 g/mol. The Balaban J connectivity index is 2.06. The minimum atomic E-state index is 0.0245. The number of fused-ring (bicyclic) bond motifs is 1. The number of nitrogens with two attached hydrogens (primary N) is 1. The predicted octanol–water partition coefficient (Wildman–Crippen LogP) is 4.57. The van der Waals surface area contributed by atoms with E-state index in [2.05, 4.69) is 39.0 Å². The molecule has 0 saturated heterocycles. The van der Waals surface area contributed by atoms with Gasteiger partial charge in [-0.15, -0.1) is 0 Å². The lowest BCUT2D eigenvalue weighted by Crippen LogP contribution is -2.09. The third-order valence-electron chi connectivity index (χ3n) is 3.35. The second-order valence-corrected chi connectivity index (χ2v) is 5.62. The highest BCUT2D eigenvalue weighted by Gasteiger charge is 2.12. The lowest BCUT2D eigenvalue weighted by molar-refractivity contribution is 0.445. The molecular weight excluding hydrogens is 222 g/mol. The van der Waals surface area contributed by atoms with Crippen LogP contribution in [0.15, 0.2) is 28.7 Å². The molecule has 1 aromatic carbocycles. The summed E-state index contributed by atoms with van der Waals surface area (Å²) < 4.78 is 5.82. The Morgan fingerprint density at radius 1 is 1.17 bits per heavy atom. The molecule has 1 heterocycles. The van der Waals surface area contributed by atoms with Crippen LogP contribution in [0.2, 0.25) is 0 Å². The summed E-state index contributed by atoms with van der Waals surface area (Å²) in [4.78, 5) is 0. The number of hydrogen-bond donors (Lipinski definition) is 1. The summed E-state index contributed by atoms with van der Waals surface area (Å²) in [6, 6.07) is 8.34. The first-order valence-corrected chi connectivity index (χ1v) is 6.82. The van der Waals surface area contributed by atoms with Crippen molar-refractivity contribution >= 4 is 11.0 Å². The van der Waals surface area contributed by atoms with E-state index in [1.165, 1.54) is 12.0 Å². The third kappa shape index (κ3) is 3.14. The quantitative estimate of drug-likeness (QED) is 0.838. The Morgan fingerprint density at radius 2 is 1.94 bits per heavy atom. The SMILES string of the molecule is Cc1ccc2oc(C(N)CCCC(C)C)cc2c1. The van der Waals surface area contributed by atoms with Gasteiger partial charge in [-0.2, -0.15) is 0 Å². The van der Waals surface area contributed by atoms with E-state index in [4.69, 9.17) is 10.2 Å². The van der Waals surface area contributed by atoms with Crippen LogP contribution in [-0.4, -0.2) is 0 Å². The lowest BCUT2D eigenvalue weighted by Gasteiger charge is -2.09. The van der Waals surface area contributed by atoms with E-state index < -0.39 is 0 Å². The largest absolute Gasteiger partial charge is 0.459 e. The molecule has 0 amide bonds. The van der Waals surface area contributed by atoms with Crippen LogP contribution in [0.4, 0.5) is 0 Å². The topological polar surface area (TPSA) is 39.2 Å². The number of rotatable bonds is 5. The average molecular weight is 245 g/mol. The van der Waals surface area contributed by atoms with Crippen molar-refractivity contribution in [2.45, 2.75) is 46.1 Å². The number of benzene rings is 1. The van der Waals surface area contributed by atoms with Gasteiger partial charge in [-0.25, -0.2) is 0 Å². The van der Waals surface area contributed by atoms with E-state index >= 15 is 0 Å². The van der Waals surface area contributed by atoms with E-state index in [1.807, 2.05) is 6.07 Å². The minimum absolute atomic E-state index is 0.0245. The molecule has 1 atom stereocenters. The van der Waals surface area contributed by atoms with Gasteiger partial charge in [-0.1, -0.05) is 38.3 Å². The van der Waals surface area contributed by atoms with Crippen molar-refractivity contribution in [1.82, 2.24) is 0 Å². The van der Waals surface area contributed by atoms with Crippen molar-refractivity contribution in [2.24, 2.45) is 11.7 Å². The Bertz CT molecular complexity index is 513. The number of aryl methyl sites for hydroxylation is 1. The van der Waals surface area contributed by atoms with Crippen LogP contribution < -0.4 is 5.73 Å². The third-order valence-corrected chi connectivity index (χ3v) is 3.35. The van der Waals surface area contributed by atoms with Crippen molar-refractivity contribution in [3.63, 3.8) is 0 Å². The van der Waals surface area contributed by atoms with Crippen molar-refractivity contribution in [2.75, 3.05) is 0 Å². The molecule has 2 rings (SSSR count). The predicted molar refractivity (Wildman–Crippen MR) is 76.6 cm³/mol. The van der Waals surface area contributed by atoms with Crippen LogP contribution in [0.5, 0.6) is 0 Å². The van der Waals surface area contributed by atoms with E-state index in [0.717, 1.165) is 35.5 Å². The van der Waals surface area contributed by atoms with Gasteiger partial charge >= 0.3 is 0 Å². The van der Waals surface area contributed by atoms with Gasteiger partial charge in [0.15, 0.2) is 0 Å². The van der Waals surface area contributed by atoms with Crippen LogP contribution in [0.1, 0.15) is 50.5 Å². The van der Waals surface area contributed by atoms with Gasteiger partial charge in [0.25, 0.3) is 0 Å². The molecule has 98 valence electrons. The van der Waals surface area contributed by atoms with Crippen LogP contribution in [0.25, 0.3) is 11.0 Å². The van der Waals surface area contributed by atoms with Gasteiger partial charge in [-0.05, 0) is 37.5 Å². The number of hydrogen-bond acceptors (Lipinski definition) is 2. The normalized spacial score (nSPS) is 13.4. The van der Waals surface area contributed by atoms with E-state index in [1.54, 1.807) is 0 Å². The molecule has 2 aromatic rings. The molecule has 18 heavy (non-hydrogen) atoms. The maximum atomic E-state index is 6.19. The molecule has 0 radical (unpaired) electrons. The van der Waals surface area contributed by atoms with Crippen LogP contribution in [0.3, 0.4) is 0 Å². The Hall–Kier alpha value is -1.28. The molecule has 1 aromatic heterocycles. The molecule has 0 aliphatic carbocycles. The maximum absolute atomic E-state index is 6.19. The summed E-state index contributed by atoms with van der Waals surface area (Å²) >= 11 is 0. The zero-order chi connectivity index (χ0) is 13.1. The lowest BCUT2D eigenvalue weighted by atomic mass is 10.0. The van der Waals surface area contributed by atoms with Crippen LogP contribution >= 0.6 is 0 Å². The summed E-state index contributed by atoms with van der Waals surface area (Å²) in [5, 5.41) is 1.16. The number of furan rings is 1. The zero-order valence-corrected chi connectivity index (χ0v) is 11.6. The molecule has 0 bridgehead atoms. The molecule has 2 heteroatoms. The molecule has 2 nitrogen and oxygen atoms in total. The van der Waals surface area contributed by atoms with Crippen molar-refractivity contribution in [1.29, 1.82) is 0 Å². The first-order valence-electron chi connectivity index (χ1n) is 6.82.